The van der Waals surface area contributed by atoms with Crippen molar-refractivity contribution in [1.29, 1.82) is 0 Å². The van der Waals surface area contributed by atoms with Gasteiger partial charge in [-0.3, -0.25) is 0 Å². The summed E-state index contributed by atoms with van der Waals surface area (Å²) in [5, 5.41) is 6.99. The maximum Gasteiger partial charge on any atom is 0.0588 e. The fourth-order valence-corrected chi connectivity index (χ4v) is 2.18. The summed E-state index contributed by atoms with van der Waals surface area (Å²) in [5.41, 5.74) is 2.42. The summed E-state index contributed by atoms with van der Waals surface area (Å²) < 4.78 is 1.12. The highest BCUT2D eigenvalue weighted by molar-refractivity contribution is 9.10. The van der Waals surface area contributed by atoms with Crippen LogP contribution in [0.4, 0.5) is 11.4 Å². The number of nitrogens with one attached hydrogen (secondary N) is 2. The van der Waals surface area contributed by atoms with E-state index in [-0.39, 0.29) is 0 Å². The first kappa shape index (κ1) is 9.84. The lowest BCUT2D eigenvalue weighted by molar-refractivity contribution is 0.655. The van der Waals surface area contributed by atoms with E-state index in [1.165, 1.54) is 24.2 Å². The quantitative estimate of drug-likeness (QED) is 0.845. The summed E-state index contributed by atoms with van der Waals surface area (Å²) in [7, 11) is 0. The second-order valence-corrected chi connectivity index (χ2v) is 4.62. The maximum atomic E-state index is 3.54. The van der Waals surface area contributed by atoms with Gasteiger partial charge in [-0.1, -0.05) is 29.3 Å². The van der Waals surface area contributed by atoms with Crippen LogP contribution in [0.5, 0.6) is 0 Å². The van der Waals surface area contributed by atoms with Crippen molar-refractivity contribution >= 4 is 27.3 Å². The van der Waals surface area contributed by atoms with Gasteiger partial charge in [0.05, 0.1) is 11.4 Å². The van der Waals surface area contributed by atoms with Crippen molar-refractivity contribution in [3.63, 3.8) is 0 Å². The van der Waals surface area contributed by atoms with Crippen molar-refractivity contribution in [2.75, 3.05) is 17.2 Å². The van der Waals surface area contributed by atoms with Crippen molar-refractivity contribution in [2.24, 2.45) is 0 Å². The highest BCUT2D eigenvalue weighted by Gasteiger charge is 2.15. The molecule has 1 aliphatic rings. The largest absolute Gasteiger partial charge is 0.381 e. The van der Waals surface area contributed by atoms with Crippen LogP contribution >= 0.6 is 15.9 Å². The highest BCUT2D eigenvalue weighted by Crippen LogP contribution is 2.29. The van der Waals surface area contributed by atoms with E-state index in [0.29, 0.717) is 6.04 Å². The summed E-state index contributed by atoms with van der Waals surface area (Å²) >= 11 is 3.47. The molecule has 0 fully saturated rings. The van der Waals surface area contributed by atoms with Crippen molar-refractivity contribution in [1.82, 2.24) is 0 Å². The Balaban J connectivity index is 2.15. The zero-order chi connectivity index (χ0) is 9.97. The molecule has 1 unspecified atom stereocenters. The second kappa shape index (κ2) is 4.22. The molecule has 0 saturated heterocycles. The van der Waals surface area contributed by atoms with Crippen LogP contribution in [-0.2, 0) is 0 Å². The molecule has 0 aromatic heterocycles. The molecule has 14 heavy (non-hydrogen) atoms. The van der Waals surface area contributed by atoms with Gasteiger partial charge in [-0.25, -0.2) is 0 Å². The van der Waals surface area contributed by atoms with E-state index in [4.69, 9.17) is 0 Å². The molecule has 0 bridgehead atoms. The predicted octanol–water partition coefficient (Wildman–Crippen LogP) is 3.46. The van der Waals surface area contributed by atoms with Gasteiger partial charge in [-0.05, 0) is 24.6 Å². The minimum atomic E-state index is 0.577. The Bertz CT molecular complexity index is 325. The fourth-order valence-electron chi connectivity index (χ4n) is 1.82. The molecule has 1 aromatic rings. The average Bonchev–Trinajstić information content (AvgIpc) is 2.19. The van der Waals surface area contributed by atoms with E-state index in [0.717, 1.165) is 11.0 Å². The Morgan fingerprint density at radius 1 is 1.43 bits per heavy atom. The van der Waals surface area contributed by atoms with Gasteiger partial charge >= 0.3 is 0 Å². The first-order valence-electron chi connectivity index (χ1n) is 5.09. The molecule has 2 nitrogen and oxygen atoms in total. The van der Waals surface area contributed by atoms with Gasteiger partial charge in [0.2, 0.25) is 0 Å². The smallest absolute Gasteiger partial charge is 0.0588 e. The summed E-state index contributed by atoms with van der Waals surface area (Å²) in [5.74, 6) is 0. The molecule has 2 rings (SSSR count). The molecule has 76 valence electrons. The fraction of sp³-hybridized carbons (Fsp3) is 0.455. The van der Waals surface area contributed by atoms with Crippen LogP contribution in [0.25, 0.3) is 0 Å². The lowest BCUT2D eigenvalue weighted by Gasteiger charge is -2.28. The van der Waals surface area contributed by atoms with Gasteiger partial charge in [0, 0.05) is 17.1 Å². The standard InChI is InChI=1S/C11H15BrN2/c1-2-3-9-7-13-11-6-8(12)4-5-10(11)14-9/h4-6,9,13-14H,2-3,7H2,1H3. The van der Waals surface area contributed by atoms with Gasteiger partial charge in [0.25, 0.3) is 0 Å². The van der Waals surface area contributed by atoms with Crippen LogP contribution in [0.2, 0.25) is 0 Å². The van der Waals surface area contributed by atoms with Crippen molar-refractivity contribution in [2.45, 2.75) is 25.8 Å². The number of hydrogen-bond acceptors (Lipinski definition) is 2. The Morgan fingerprint density at radius 2 is 2.29 bits per heavy atom. The first-order valence-corrected chi connectivity index (χ1v) is 5.89. The van der Waals surface area contributed by atoms with Crippen LogP contribution in [0.3, 0.4) is 0 Å². The molecule has 3 heteroatoms. The maximum absolute atomic E-state index is 3.54. The number of hydrogen-bond donors (Lipinski definition) is 2. The summed E-state index contributed by atoms with van der Waals surface area (Å²) in [6.45, 7) is 3.25. The second-order valence-electron chi connectivity index (χ2n) is 3.70. The zero-order valence-corrected chi connectivity index (χ0v) is 9.89. The monoisotopic (exact) mass is 254 g/mol. The molecule has 0 saturated carbocycles. The molecule has 1 aliphatic heterocycles. The van der Waals surface area contributed by atoms with E-state index in [9.17, 15) is 0 Å². The minimum Gasteiger partial charge on any atom is -0.381 e. The molecule has 0 spiro atoms. The number of benzene rings is 1. The van der Waals surface area contributed by atoms with E-state index >= 15 is 0 Å². The Labute approximate surface area is 93.2 Å². The van der Waals surface area contributed by atoms with E-state index < -0.39 is 0 Å². The predicted molar refractivity (Wildman–Crippen MR) is 65.0 cm³/mol. The number of anilines is 2. The molecule has 2 N–H and O–H groups in total. The van der Waals surface area contributed by atoms with Gasteiger partial charge in [0.15, 0.2) is 0 Å². The molecule has 1 atom stereocenters. The lowest BCUT2D eigenvalue weighted by atomic mass is 10.1. The van der Waals surface area contributed by atoms with Crippen molar-refractivity contribution in [3.05, 3.63) is 22.7 Å². The zero-order valence-electron chi connectivity index (χ0n) is 8.31. The third kappa shape index (κ3) is 2.03. The molecular formula is C11H15BrN2. The summed E-state index contributed by atoms with van der Waals surface area (Å²) in [6, 6.07) is 6.88. The molecular weight excluding hydrogens is 240 g/mol. The third-order valence-corrected chi connectivity index (χ3v) is 3.01. The SMILES string of the molecule is CCCC1CNc2cc(Br)ccc2N1. The first-order chi connectivity index (χ1) is 6.79. The minimum absolute atomic E-state index is 0.577. The van der Waals surface area contributed by atoms with Crippen molar-refractivity contribution in [3.8, 4) is 0 Å². The number of fused-ring (bicyclic) bond motifs is 1. The number of halogens is 1. The van der Waals surface area contributed by atoms with Gasteiger partial charge in [-0.15, -0.1) is 0 Å². The van der Waals surface area contributed by atoms with Crippen LogP contribution in [0, 0.1) is 0 Å². The molecule has 0 radical (unpaired) electrons. The average molecular weight is 255 g/mol. The Morgan fingerprint density at radius 3 is 3.07 bits per heavy atom. The van der Waals surface area contributed by atoms with Gasteiger partial charge in [0.1, 0.15) is 0 Å². The molecule has 1 heterocycles. The topological polar surface area (TPSA) is 24.1 Å². The Hall–Kier alpha value is -0.700. The van der Waals surface area contributed by atoms with Crippen LogP contribution in [-0.4, -0.2) is 12.6 Å². The Kier molecular flexibility index (Phi) is 2.96. The lowest BCUT2D eigenvalue weighted by Crippen LogP contribution is -2.32. The number of rotatable bonds is 2. The van der Waals surface area contributed by atoms with Crippen molar-refractivity contribution < 1.29 is 0 Å². The normalized spacial score (nSPS) is 19.4. The van der Waals surface area contributed by atoms with Crippen LogP contribution in [0.15, 0.2) is 22.7 Å². The molecule has 1 aromatic carbocycles. The van der Waals surface area contributed by atoms with Crippen LogP contribution in [0.1, 0.15) is 19.8 Å². The summed E-state index contributed by atoms with van der Waals surface area (Å²) in [6.07, 6.45) is 2.45. The summed E-state index contributed by atoms with van der Waals surface area (Å²) in [4.78, 5) is 0. The molecule has 0 aliphatic carbocycles. The molecule has 0 amide bonds. The van der Waals surface area contributed by atoms with E-state index in [1.807, 2.05) is 0 Å². The third-order valence-electron chi connectivity index (χ3n) is 2.52. The van der Waals surface area contributed by atoms with Gasteiger partial charge in [-0.2, -0.15) is 0 Å². The van der Waals surface area contributed by atoms with Crippen LogP contribution < -0.4 is 10.6 Å². The van der Waals surface area contributed by atoms with Gasteiger partial charge < -0.3 is 10.6 Å². The van der Waals surface area contributed by atoms with E-state index in [1.54, 1.807) is 0 Å². The van der Waals surface area contributed by atoms with E-state index in [2.05, 4.69) is 51.7 Å². The highest BCUT2D eigenvalue weighted by atomic mass is 79.9.